The number of hydrogen-bond donors (Lipinski definition) is 3. The molecule has 0 saturated carbocycles. The molecule has 3 N–H and O–H groups in total. The van der Waals surface area contributed by atoms with E-state index in [9.17, 15) is 5.11 Å². The number of hydrogen-bond acceptors (Lipinski definition) is 3. The SMILES string of the molecule is Cc1ccc2c(c1)c(C)c(C)n2C[C@@H](O)CNCCO. The topological polar surface area (TPSA) is 57.4 Å². The van der Waals surface area contributed by atoms with Crippen molar-refractivity contribution < 1.29 is 10.2 Å². The molecule has 0 spiro atoms. The Kier molecular flexibility index (Phi) is 4.81. The molecule has 2 aromatic rings. The highest BCUT2D eigenvalue weighted by atomic mass is 16.3. The summed E-state index contributed by atoms with van der Waals surface area (Å²) in [5.41, 5.74) is 4.90. The first kappa shape index (κ1) is 15.0. The highest BCUT2D eigenvalue weighted by Crippen LogP contribution is 2.26. The number of benzene rings is 1. The van der Waals surface area contributed by atoms with E-state index in [4.69, 9.17) is 5.11 Å². The molecule has 0 aliphatic carbocycles. The summed E-state index contributed by atoms with van der Waals surface area (Å²) < 4.78 is 2.18. The van der Waals surface area contributed by atoms with Crippen LogP contribution in [0, 0.1) is 20.8 Å². The van der Waals surface area contributed by atoms with Crippen LogP contribution in [0.4, 0.5) is 0 Å². The molecule has 1 aromatic carbocycles. The van der Waals surface area contributed by atoms with Gasteiger partial charge in [-0.1, -0.05) is 11.6 Å². The van der Waals surface area contributed by atoms with Gasteiger partial charge in [-0.2, -0.15) is 0 Å². The van der Waals surface area contributed by atoms with Crippen LogP contribution in [-0.2, 0) is 6.54 Å². The standard InChI is InChI=1S/C16H24N2O2/c1-11-4-5-16-15(8-11)12(2)13(3)18(16)10-14(20)9-17-6-7-19/h4-5,8,14,17,19-20H,6-7,9-10H2,1-3H3/t14-/m0/s1. The lowest BCUT2D eigenvalue weighted by Gasteiger charge is -2.15. The van der Waals surface area contributed by atoms with Crippen molar-refractivity contribution in [3.8, 4) is 0 Å². The van der Waals surface area contributed by atoms with E-state index in [1.165, 1.54) is 27.7 Å². The molecule has 110 valence electrons. The molecular formula is C16H24N2O2. The predicted octanol–water partition coefficient (Wildman–Crippen LogP) is 1.51. The third-order valence-corrected chi connectivity index (χ3v) is 3.86. The van der Waals surface area contributed by atoms with E-state index in [0.717, 1.165) is 0 Å². The predicted molar refractivity (Wildman–Crippen MR) is 82.1 cm³/mol. The maximum absolute atomic E-state index is 10.1. The molecule has 0 aliphatic heterocycles. The number of aromatic nitrogens is 1. The third-order valence-electron chi connectivity index (χ3n) is 3.86. The molecule has 0 fully saturated rings. The molecule has 0 bridgehead atoms. The van der Waals surface area contributed by atoms with E-state index in [0.29, 0.717) is 19.6 Å². The minimum atomic E-state index is -0.462. The molecule has 1 heterocycles. The van der Waals surface area contributed by atoms with Crippen molar-refractivity contribution in [3.63, 3.8) is 0 Å². The van der Waals surface area contributed by atoms with Gasteiger partial charge in [0, 0.05) is 29.7 Å². The number of aryl methyl sites for hydroxylation is 2. The van der Waals surface area contributed by atoms with Crippen LogP contribution >= 0.6 is 0 Å². The van der Waals surface area contributed by atoms with Crippen LogP contribution < -0.4 is 5.32 Å². The smallest absolute Gasteiger partial charge is 0.0843 e. The van der Waals surface area contributed by atoms with Crippen LogP contribution in [0.5, 0.6) is 0 Å². The fraction of sp³-hybridized carbons (Fsp3) is 0.500. The van der Waals surface area contributed by atoms with Gasteiger partial charge in [-0.05, 0) is 38.5 Å². The van der Waals surface area contributed by atoms with Gasteiger partial charge in [0.05, 0.1) is 19.3 Å². The molecule has 0 unspecified atom stereocenters. The van der Waals surface area contributed by atoms with Gasteiger partial charge in [0.25, 0.3) is 0 Å². The Hall–Kier alpha value is -1.36. The van der Waals surface area contributed by atoms with Crippen LogP contribution in [0.1, 0.15) is 16.8 Å². The summed E-state index contributed by atoms with van der Waals surface area (Å²) >= 11 is 0. The minimum absolute atomic E-state index is 0.0938. The molecule has 1 aromatic heterocycles. The van der Waals surface area contributed by atoms with Gasteiger partial charge in [-0.15, -0.1) is 0 Å². The summed E-state index contributed by atoms with van der Waals surface area (Å²) in [4.78, 5) is 0. The van der Waals surface area contributed by atoms with Crippen LogP contribution in [-0.4, -0.2) is 40.6 Å². The summed E-state index contributed by atoms with van der Waals surface area (Å²) in [5, 5.41) is 23.1. The molecule has 2 rings (SSSR count). The quantitative estimate of drug-likeness (QED) is 0.701. The third kappa shape index (κ3) is 3.03. The lowest BCUT2D eigenvalue weighted by Crippen LogP contribution is -2.32. The molecule has 0 amide bonds. The van der Waals surface area contributed by atoms with Crippen LogP contribution in [0.2, 0.25) is 0 Å². The Bertz CT molecular complexity index is 590. The molecule has 0 aliphatic rings. The summed E-state index contributed by atoms with van der Waals surface area (Å²) in [5.74, 6) is 0. The van der Waals surface area contributed by atoms with E-state index in [2.05, 4.69) is 48.9 Å². The monoisotopic (exact) mass is 276 g/mol. The first-order chi connectivity index (χ1) is 9.54. The zero-order valence-electron chi connectivity index (χ0n) is 12.5. The Labute approximate surface area is 120 Å². The first-order valence-electron chi connectivity index (χ1n) is 7.10. The van der Waals surface area contributed by atoms with Gasteiger partial charge >= 0.3 is 0 Å². The van der Waals surface area contributed by atoms with Crippen LogP contribution in [0.25, 0.3) is 10.9 Å². The fourth-order valence-electron chi connectivity index (χ4n) is 2.62. The fourth-order valence-corrected chi connectivity index (χ4v) is 2.62. The Morgan fingerprint density at radius 3 is 2.70 bits per heavy atom. The van der Waals surface area contributed by atoms with Gasteiger partial charge in [0.1, 0.15) is 0 Å². The summed E-state index contributed by atoms with van der Waals surface area (Å²) in [6.45, 7) is 7.99. The number of nitrogens with zero attached hydrogens (tertiary/aromatic N) is 1. The van der Waals surface area contributed by atoms with E-state index >= 15 is 0 Å². The van der Waals surface area contributed by atoms with E-state index in [-0.39, 0.29) is 6.61 Å². The maximum atomic E-state index is 10.1. The van der Waals surface area contributed by atoms with Crippen LogP contribution in [0.15, 0.2) is 18.2 Å². The number of aliphatic hydroxyl groups excluding tert-OH is 2. The van der Waals surface area contributed by atoms with E-state index in [1.54, 1.807) is 0 Å². The van der Waals surface area contributed by atoms with Gasteiger partial charge < -0.3 is 20.1 Å². The molecule has 4 nitrogen and oxygen atoms in total. The zero-order valence-corrected chi connectivity index (χ0v) is 12.5. The molecular weight excluding hydrogens is 252 g/mol. The molecule has 0 saturated heterocycles. The van der Waals surface area contributed by atoms with Crippen molar-refractivity contribution in [1.29, 1.82) is 0 Å². The van der Waals surface area contributed by atoms with Crippen molar-refractivity contribution in [3.05, 3.63) is 35.0 Å². The second-order valence-electron chi connectivity index (χ2n) is 5.42. The van der Waals surface area contributed by atoms with Gasteiger partial charge in [-0.25, -0.2) is 0 Å². The van der Waals surface area contributed by atoms with Crippen molar-refractivity contribution in [2.45, 2.75) is 33.4 Å². The number of nitrogens with one attached hydrogen (secondary N) is 1. The lowest BCUT2D eigenvalue weighted by atomic mass is 10.1. The highest BCUT2D eigenvalue weighted by Gasteiger charge is 2.13. The Balaban J connectivity index is 2.23. The maximum Gasteiger partial charge on any atom is 0.0843 e. The molecule has 0 radical (unpaired) electrons. The van der Waals surface area contributed by atoms with E-state index < -0.39 is 6.10 Å². The minimum Gasteiger partial charge on any atom is -0.395 e. The number of aliphatic hydroxyl groups is 2. The molecule has 1 atom stereocenters. The second kappa shape index (κ2) is 6.39. The summed E-state index contributed by atoms with van der Waals surface area (Å²) in [7, 11) is 0. The second-order valence-corrected chi connectivity index (χ2v) is 5.42. The summed E-state index contributed by atoms with van der Waals surface area (Å²) in [6.07, 6.45) is -0.462. The van der Waals surface area contributed by atoms with Gasteiger partial charge in [0.2, 0.25) is 0 Å². The number of fused-ring (bicyclic) bond motifs is 1. The average molecular weight is 276 g/mol. The average Bonchev–Trinajstić information content (AvgIpc) is 2.64. The van der Waals surface area contributed by atoms with Crippen LogP contribution in [0.3, 0.4) is 0 Å². The first-order valence-corrected chi connectivity index (χ1v) is 7.10. The summed E-state index contributed by atoms with van der Waals surface area (Å²) in [6, 6.07) is 6.43. The van der Waals surface area contributed by atoms with E-state index in [1.807, 2.05) is 0 Å². The van der Waals surface area contributed by atoms with Gasteiger partial charge in [0.15, 0.2) is 0 Å². The van der Waals surface area contributed by atoms with Gasteiger partial charge in [-0.3, -0.25) is 0 Å². The zero-order chi connectivity index (χ0) is 14.7. The molecule has 4 heteroatoms. The van der Waals surface area contributed by atoms with Crippen molar-refractivity contribution in [1.82, 2.24) is 9.88 Å². The Morgan fingerprint density at radius 2 is 2.00 bits per heavy atom. The highest BCUT2D eigenvalue weighted by molar-refractivity contribution is 5.85. The van der Waals surface area contributed by atoms with Crippen molar-refractivity contribution >= 4 is 10.9 Å². The van der Waals surface area contributed by atoms with Crippen molar-refractivity contribution in [2.75, 3.05) is 19.7 Å². The molecule has 20 heavy (non-hydrogen) atoms. The largest absolute Gasteiger partial charge is 0.395 e. The van der Waals surface area contributed by atoms with Crippen molar-refractivity contribution in [2.24, 2.45) is 0 Å². The number of rotatable bonds is 6. The normalized spacial score (nSPS) is 13.1. The Morgan fingerprint density at radius 1 is 1.25 bits per heavy atom. The lowest BCUT2D eigenvalue weighted by molar-refractivity contribution is 0.149.